The van der Waals surface area contributed by atoms with Gasteiger partial charge >= 0.3 is 0 Å². The van der Waals surface area contributed by atoms with Gasteiger partial charge in [-0.1, -0.05) is 6.42 Å². The first-order valence-electron chi connectivity index (χ1n) is 7.67. The van der Waals surface area contributed by atoms with E-state index >= 15 is 0 Å². The molecule has 2 amide bonds. The summed E-state index contributed by atoms with van der Waals surface area (Å²) in [6.45, 7) is 5.98. The van der Waals surface area contributed by atoms with E-state index in [0.717, 1.165) is 26.2 Å². The molecule has 0 aromatic heterocycles. The lowest BCUT2D eigenvalue weighted by Gasteiger charge is -2.30. The zero-order chi connectivity index (χ0) is 15.7. The third-order valence-corrected chi connectivity index (χ3v) is 3.78. The highest BCUT2D eigenvalue weighted by Crippen LogP contribution is 2.08. The van der Waals surface area contributed by atoms with Crippen molar-refractivity contribution in [2.24, 2.45) is 11.5 Å². The molecule has 7 nitrogen and oxygen atoms in total. The molecule has 0 atom stereocenters. The summed E-state index contributed by atoms with van der Waals surface area (Å²) in [6, 6.07) is 0. The Hall–Kier alpha value is -1.18. The van der Waals surface area contributed by atoms with E-state index in [1.807, 2.05) is 11.9 Å². The number of primary amides is 2. The fraction of sp³-hybridized carbons (Fsp3) is 0.857. The highest BCUT2D eigenvalue weighted by Gasteiger charge is 2.14. The summed E-state index contributed by atoms with van der Waals surface area (Å²) < 4.78 is 0. The van der Waals surface area contributed by atoms with E-state index in [4.69, 9.17) is 11.5 Å². The van der Waals surface area contributed by atoms with E-state index in [9.17, 15) is 9.59 Å². The molecule has 122 valence electrons. The van der Waals surface area contributed by atoms with Gasteiger partial charge in [-0.3, -0.25) is 19.4 Å². The lowest BCUT2D eigenvalue weighted by atomic mass is 10.1. The molecule has 7 heteroatoms. The van der Waals surface area contributed by atoms with Crippen LogP contribution in [0.15, 0.2) is 0 Å². The van der Waals surface area contributed by atoms with Crippen molar-refractivity contribution in [3.63, 3.8) is 0 Å². The van der Waals surface area contributed by atoms with Crippen molar-refractivity contribution < 1.29 is 9.59 Å². The highest BCUT2D eigenvalue weighted by molar-refractivity contribution is 5.76. The molecule has 0 aromatic carbocycles. The van der Waals surface area contributed by atoms with E-state index < -0.39 is 0 Å². The molecule has 0 aromatic rings. The topological polar surface area (TPSA) is 95.9 Å². The number of carbonyl (C=O) groups excluding carboxylic acids is 2. The predicted molar refractivity (Wildman–Crippen MR) is 82.6 cm³/mol. The summed E-state index contributed by atoms with van der Waals surface area (Å²) in [5, 5.41) is 0. The van der Waals surface area contributed by atoms with Gasteiger partial charge < -0.3 is 16.4 Å². The van der Waals surface area contributed by atoms with Crippen LogP contribution >= 0.6 is 0 Å². The average molecular weight is 299 g/mol. The molecule has 0 spiro atoms. The molecule has 1 rings (SSSR count). The van der Waals surface area contributed by atoms with Gasteiger partial charge in [0.05, 0.1) is 13.1 Å². The Morgan fingerprint density at radius 3 is 2.14 bits per heavy atom. The van der Waals surface area contributed by atoms with Gasteiger partial charge in [0, 0.05) is 26.2 Å². The van der Waals surface area contributed by atoms with Crippen molar-refractivity contribution in [2.45, 2.75) is 19.3 Å². The molecule has 0 saturated carbocycles. The van der Waals surface area contributed by atoms with Crippen LogP contribution in [-0.4, -0.2) is 85.9 Å². The minimum absolute atomic E-state index is 0.233. The molecule has 1 aliphatic heterocycles. The Morgan fingerprint density at radius 1 is 0.952 bits per heavy atom. The summed E-state index contributed by atoms with van der Waals surface area (Å²) >= 11 is 0. The summed E-state index contributed by atoms with van der Waals surface area (Å²) in [7, 11) is 1.85. The maximum Gasteiger partial charge on any atom is 0.231 e. The third-order valence-electron chi connectivity index (χ3n) is 3.78. The summed E-state index contributed by atoms with van der Waals surface area (Å²) in [5.74, 6) is -0.654. The Labute approximate surface area is 127 Å². The fourth-order valence-corrected chi connectivity index (χ4v) is 2.61. The molecule has 0 bridgehead atoms. The molecule has 0 radical (unpaired) electrons. The van der Waals surface area contributed by atoms with Gasteiger partial charge in [-0.05, 0) is 33.0 Å². The van der Waals surface area contributed by atoms with Crippen molar-refractivity contribution in [1.29, 1.82) is 0 Å². The van der Waals surface area contributed by atoms with Crippen LogP contribution in [0.25, 0.3) is 0 Å². The number of hydrogen-bond donors (Lipinski definition) is 2. The fourth-order valence-electron chi connectivity index (χ4n) is 2.61. The number of carbonyl (C=O) groups is 2. The zero-order valence-electron chi connectivity index (χ0n) is 13.1. The number of rotatable bonds is 10. The monoisotopic (exact) mass is 299 g/mol. The van der Waals surface area contributed by atoms with Crippen LogP contribution in [0.5, 0.6) is 0 Å². The number of nitrogens with zero attached hydrogens (tertiary/aromatic N) is 3. The number of nitrogens with two attached hydrogens (primary N) is 2. The molecule has 1 heterocycles. The van der Waals surface area contributed by atoms with Gasteiger partial charge in [-0.2, -0.15) is 0 Å². The van der Waals surface area contributed by atoms with Crippen LogP contribution in [0.4, 0.5) is 0 Å². The van der Waals surface area contributed by atoms with Gasteiger partial charge in [-0.15, -0.1) is 0 Å². The quantitative estimate of drug-likeness (QED) is 0.521. The second-order valence-electron chi connectivity index (χ2n) is 5.85. The van der Waals surface area contributed by atoms with Crippen molar-refractivity contribution in [2.75, 3.05) is 59.4 Å². The lowest BCUT2D eigenvalue weighted by Crippen LogP contribution is -2.44. The van der Waals surface area contributed by atoms with Crippen LogP contribution in [0.3, 0.4) is 0 Å². The molecule has 4 N–H and O–H groups in total. The molecular formula is C14H29N5O2. The van der Waals surface area contributed by atoms with Crippen LogP contribution < -0.4 is 11.5 Å². The van der Waals surface area contributed by atoms with Gasteiger partial charge in [0.2, 0.25) is 11.8 Å². The normalized spacial score (nSPS) is 16.5. The average Bonchev–Trinajstić information content (AvgIpc) is 2.42. The smallest absolute Gasteiger partial charge is 0.231 e. The number of likely N-dealkylation sites (N-methyl/N-ethyl adjacent to an activating group) is 1. The Bertz CT molecular complexity index is 331. The number of piperidine rings is 1. The van der Waals surface area contributed by atoms with E-state index in [-0.39, 0.29) is 24.9 Å². The zero-order valence-corrected chi connectivity index (χ0v) is 13.1. The first kappa shape index (κ1) is 17.9. The number of likely N-dealkylation sites (tertiary alicyclic amines) is 1. The summed E-state index contributed by atoms with van der Waals surface area (Å²) in [6.07, 6.45) is 3.84. The molecular weight excluding hydrogens is 270 g/mol. The summed E-state index contributed by atoms with van der Waals surface area (Å²) in [5.41, 5.74) is 10.5. The Morgan fingerprint density at radius 2 is 1.57 bits per heavy atom. The lowest BCUT2D eigenvalue weighted by molar-refractivity contribution is -0.120. The van der Waals surface area contributed by atoms with Crippen molar-refractivity contribution in [1.82, 2.24) is 14.7 Å². The van der Waals surface area contributed by atoms with Gasteiger partial charge in [-0.25, -0.2) is 0 Å². The van der Waals surface area contributed by atoms with E-state index in [1.165, 1.54) is 19.3 Å². The van der Waals surface area contributed by atoms with E-state index in [1.54, 1.807) is 0 Å². The van der Waals surface area contributed by atoms with Crippen molar-refractivity contribution in [3.8, 4) is 0 Å². The first-order valence-corrected chi connectivity index (χ1v) is 7.67. The molecule has 1 saturated heterocycles. The Kier molecular flexibility index (Phi) is 8.26. The van der Waals surface area contributed by atoms with E-state index in [2.05, 4.69) is 9.80 Å². The number of amides is 2. The molecule has 0 aliphatic carbocycles. The second-order valence-corrected chi connectivity index (χ2v) is 5.85. The molecule has 1 fully saturated rings. The predicted octanol–water partition coefficient (Wildman–Crippen LogP) is -1.32. The van der Waals surface area contributed by atoms with Gasteiger partial charge in [0.1, 0.15) is 0 Å². The Balaban J connectivity index is 2.32. The molecule has 1 aliphatic rings. The van der Waals surface area contributed by atoms with Crippen LogP contribution in [0.2, 0.25) is 0 Å². The van der Waals surface area contributed by atoms with Crippen LogP contribution in [-0.2, 0) is 9.59 Å². The maximum absolute atomic E-state index is 11.2. The van der Waals surface area contributed by atoms with Crippen molar-refractivity contribution in [3.05, 3.63) is 0 Å². The second kappa shape index (κ2) is 9.70. The maximum atomic E-state index is 11.2. The van der Waals surface area contributed by atoms with E-state index in [0.29, 0.717) is 13.1 Å². The largest absolute Gasteiger partial charge is 0.369 e. The highest BCUT2D eigenvalue weighted by atomic mass is 16.1. The number of hydrogen-bond acceptors (Lipinski definition) is 5. The SMILES string of the molecule is CN(CCN(CCN1CCCCC1)CC(N)=O)CC(N)=O. The van der Waals surface area contributed by atoms with Gasteiger partial charge in [0.25, 0.3) is 0 Å². The van der Waals surface area contributed by atoms with Crippen molar-refractivity contribution >= 4 is 11.8 Å². The summed E-state index contributed by atoms with van der Waals surface area (Å²) in [4.78, 5) is 28.4. The van der Waals surface area contributed by atoms with Gasteiger partial charge in [0.15, 0.2) is 0 Å². The third kappa shape index (κ3) is 8.64. The standard InChI is InChI=1S/C14H29N5O2/c1-17(11-13(15)20)7-8-19(12-14(16)21)10-9-18-5-3-2-4-6-18/h2-12H2,1H3,(H2,15,20)(H2,16,21). The molecule has 0 unspecified atom stereocenters. The van der Waals surface area contributed by atoms with Crippen LogP contribution in [0.1, 0.15) is 19.3 Å². The van der Waals surface area contributed by atoms with Crippen LogP contribution in [0, 0.1) is 0 Å². The molecule has 21 heavy (non-hydrogen) atoms. The minimum atomic E-state index is -0.340. The first-order chi connectivity index (χ1) is 9.97. The minimum Gasteiger partial charge on any atom is -0.369 e.